The molecule has 0 aliphatic carbocycles. The fourth-order valence-electron chi connectivity index (χ4n) is 12.2. The lowest BCUT2D eigenvalue weighted by atomic mass is 9.93. The summed E-state index contributed by atoms with van der Waals surface area (Å²) >= 11 is 0. The van der Waals surface area contributed by atoms with Gasteiger partial charge >= 0.3 is 0 Å². The summed E-state index contributed by atoms with van der Waals surface area (Å²) < 4.78 is 1.56. The Kier molecular flexibility index (Phi) is 44.5. The molecule has 0 aromatic heterocycles. The number of hydrogen-bond acceptors (Lipinski definition) is 0. The van der Waals surface area contributed by atoms with Gasteiger partial charge in [0.05, 0.1) is 0 Å². The van der Waals surface area contributed by atoms with Crippen LogP contribution in [0.4, 0.5) is 0 Å². The van der Waals surface area contributed by atoms with E-state index < -0.39 is 0 Å². The molecule has 0 fully saturated rings. The van der Waals surface area contributed by atoms with Crippen molar-refractivity contribution < 1.29 is 4.70 Å². The zero-order chi connectivity index (χ0) is 57.2. The smallest absolute Gasteiger partial charge is 0.224 e. The van der Waals surface area contributed by atoms with Gasteiger partial charge in [0.1, 0.15) is 11.1 Å². The summed E-state index contributed by atoms with van der Waals surface area (Å²) in [5.41, 5.74) is 24.3. The molecule has 0 saturated carbocycles. The molecule has 0 unspecified atom stereocenters. The highest BCUT2D eigenvalue weighted by atomic mass is 15.2. The number of aryl methyl sites for hydroxylation is 4. The molecule has 1 heterocycles. The van der Waals surface area contributed by atoms with Crippen molar-refractivity contribution in [2.75, 3.05) is 0 Å². The summed E-state index contributed by atoms with van der Waals surface area (Å²) in [5, 5.41) is 0. The highest BCUT2D eigenvalue weighted by molar-refractivity contribution is 5.89. The molecule has 0 atom stereocenters. The maximum atomic E-state index is 13.0. The Balaban J connectivity index is 1.74. The molecule has 2 aromatic carbocycles. The van der Waals surface area contributed by atoms with Gasteiger partial charge < -0.3 is 5.53 Å². The van der Waals surface area contributed by atoms with Crippen molar-refractivity contribution in [3.8, 4) is 23.7 Å². The Labute approximate surface area is 499 Å². The van der Waals surface area contributed by atoms with E-state index in [0.29, 0.717) is 0 Å². The second-order valence-corrected chi connectivity index (χ2v) is 25.1. The van der Waals surface area contributed by atoms with Crippen LogP contribution < -0.4 is 0 Å². The minimum Gasteiger partial charge on any atom is -0.493 e. The molecule has 2 nitrogen and oxygen atoms in total. The third-order valence-electron chi connectivity index (χ3n) is 17.3. The van der Waals surface area contributed by atoms with Gasteiger partial charge in [-0.3, -0.25) is 0 Å². The number of unbranched alkanes of at least 4 members (excludes halogenated alkanes) is 42. The molecule has 3 rings (SSSR count). The first-order valence-corrected chi connectivity index (χ1v) is 35.7. The molecule has 0 radical (unpaired) electrons. The Hall–Kier alpha value is -3.36. The van der Waals surface area contributed by atoms with Crippen molar-refractivity contribution in [2.45, 2.75) is 375 Å². The molecule has 0 spiro atoms. The molecule has 0 saturated heterocycles. The van der Waals surface area contributed by atoms with Crippen LogP contribution in [0.25, 0.3) is 16.9 Å². The molecule has 80 heavy (non-hydrogen) atoms. The maximum Gasteiger partial charge on any atom is 0.224 e. The summed E-state index contributed by atoms with van der Waals surface area (Å²) in [4.78, 5) is 0. The zero-order valence-electron chi connectivity index (χ0n) is 54.1. The average molecular weight is 1090 g/mol. The minimum absolute atomic E-state index is 0.840. The molecule has 2 heteroatoms. The second kappa shape index (κ2) is 50.2. The van der Waals surface area contributed by atoms with E-state index in [1.165, 1.54) is 305 Å². The Morgan fingerprint density at radius 3 is 0.738 bits per heavy atom. The first kappa shape index (κ1) is 70.9. The van der Waals surface area contributed by atoms with E-state index in [1.54, 1.807) is 4.70 Å². The van der Waals surface area contributed by atoms with E-state index in [4.69, 9.17) is 0 Å². The van der Waals surface area contributed by atoms with Crippen molar-refractivity contribution in [3.05, 3.63) is 86.5 Å². The summed E-state index contributed by atoms with van der Waals surface area (Å²) in [6.45, 7) is 13.8. The van der Waals surface area contributed by atoms with Gasteiger partial charge in [-0.1, -0.05) is 334 Å². The van der Waals surface area contributed by atoms with Crippen molar-refractivity contribution in [1.29, 1.82) is 0 Å². The molecule has 2 aromatic rings. The van der Waals surface area contributed by atoms with E-state index in [1.807, 2.05) is 0 Å². The fourth-order valence-corrected chi connectivity index (χ4v) is 12.2. The van der Waals surface area contributed by atoms with E-state index in [0.717, 1.165) is 85.0 Å². The third kappa shape index (κ3) is 33.1. The first-order chi connectivity index (χ1) is 39.5. The van der Waals surface area contributed by atoms with Crippen LogP contribution in [0.5, 0.6) is 0 Å². The number of rotatable bonds is 52. The van der Waals surface area contributed by atoms with Crippen LogP contribution in [-0.4, -0.2) is 4.70 Å². The highest BCUT2D eigenvalue weighted by Gasteiger charge is 2.36. The molecule has 1 aliphatic rings. The minimum atomic E-state index is 0.840. The van der Waals surface area contributed by atoms with Gasteiger partial charge in [-0.2, -0.15) is 0 Å². The summed E-state index contributed by atoms with van der Waals surface area (Å²) in [5.74, 6) is 14.9. The summed E-state index contributed by atoms with van der Waals surface area (Å²) in [7, 11) is 0. The van der Waals surface area contributed by atoms with Crippen LogP contribution in [0, 0.1) is 23.7 Å². The van der Waals surface area contributed by atoms with Crippen LogP contribution in [0.2, 0.25) is 0 Å². The van der Waals surface area contributed by atoms with Crippen LogP contribution in [0.15, 0.2) is 47.5 Å². The Morgan fingerprint density at radius 2 is 0.463 bits per heavy atom. The molecule has 0 amide bonds. The highest BCUT2D eigenvalue weighted by Crippen LogP contribution is 2.42. The second-order valence-electron chi connectivity index (χ2n) is 25.1. The fraction of sp³-hybridized carbons (Fsp3) is 0.744. The standard InChI is InChI=1S/C78H128N2/c1-7-13-19-23-26-27-28-29-30-31-32-33-34-35-36-37-38-39-40-41-42-43-44-45-46-50-56-62-76-75(61-55-47-22-16-10-4)77(73-65-69(57-51-17-11-5)63-71(67-73)59-53-48-24-20-14-8-2)80(79)78(76)74-66-70(58-52-18-12-6)64-72(68-74)60-54-49-25-21-15-9-3/h63-68H,7-54,57-60H2,1-6H3. The average Bonchev–Trinajstić information content (AvgIpc) is 3.76. The largest absolute Gasteiger partial charge is 0.493 e. The number of allylic oxidation sites excluding steroid dienone is 2. The molecule has 0 N–H and O–H groups in total. The Bertz CT molecular complexity index is 2050. The van der Waals surface area contributed by atoms with Gasteiger partial charge in [0.25, 0.3) is 0 Å². The number of hydrogen-bond donors (Lipinski definition) is 0. The van der Waals surface area contributed by atoms with Crippen molar-refractivity contribution >= 4 is 11.4 Å². The predicted molar refractivity (Wildman–Crippen MR) is 356 cm³/mol. The van der Waals surface area contributed by atoms with Crippen LogP contribution in [0.3, 0.4) is 0 Å². The monoisotopic (exact) mass is 1090 g/mol. The lowest BCUT2D eigenvalue weighted by Crippen LogP contribution is -2.05. The maximum absolute atomic E-state index is 13.0. The molecular weight excluding hydrogens is 965 g/mol. The molecule has 450 valence electrons. The molecule has 1 aliphatic heterocycles. The lowest BCUT2D eigenvalue weighted by molar-refractivity contribution is -0.344. The van der Waals surface area contributed by atoms with Gasteiger partial charge in [0, 0.05) is 24.0 Å². The van der Waals surface area contributed by atoms with Gasteiger partial charge in [0.2, 0.25) is 11.4 Å². The van der Waals surface area contributed by atoms with E-state index in [2.05, 4.69) is 102 Å². The Morgan fingerprint density at radius 1 is 0.263 bits per heavy atom. The third-order valence-corrected chi connectivity index (χ3v) is 17.3. The van der Waals surface area contributed by atoms with Crippen LogP contribution >= 0.6 is 0 Å². The first-order valence-electron chi connectivity index (χ1n) is 35.7. The van der Waals surface area contributed by atoms with Crippen molar-refractivity contribution in [2.24, 2.45) is 0 Å². The number of nitrogens with zero attached hydrogens (tertiary/aromatic N) is 2. The summed E-state index contributed by atoms with van der Waals surface area (Å²) in [6.07, 6.45) is 67.6. The summed E-state index contributed by atoms with van der Waals surface area (Å²) in [6, 6.07) is 14.5. The molecular formula is C78H128N2. The quantitative estimate of drug-likeness (QED) is 0.0358. The lowest BCUT2D eigenvalue weighted by Gasteiger charge is -2.14. The van der Waals surface area contributed by atoms with E-state index >= 15 is 0 Å². The van der Waals surface area contributed by atoms with Crippen molar-refractivity contribution in [3.63, 3.8) is 0 Å². The van der Waals surface area contributed by atoms with Crippen LogP contribution in [0.1, 0.15) is 383 Å². The van der Waals surface area contributed by atoms with Crippen molar-refractivity contribution in [1.82, 2.24) is 0 Å². The zero-order valence-corrected chi connectivity index (χ0v) is 54.1. The van der Waals surface area contributed by atoms with Crippen LogP contribution in [-0.2, 0) is 25.7 Å². The van der Waals surface area contributed by atoms with Gasteiger partial charge in [0.15, 0.2) is 0 Å². The normalized spacial score (nSPS) is 12.4. The SMILES string of the molecule is CCCCCC#CC1=C(c2cc(CCCCC)cc(CCCCCCCC)c2)[N+](=[N-])C(c2cc(CCCCC)cc(CCCCCCCC)c2)=C1C#CCCCCCCCCCCCCCCCCCCCCCCCCCCC. The van der Waals surface area contributed by atoms with Gasteiger partial charge in [-0.15, -0.1) is 0 Å². The predicted octanol–water partition coefficient (Wildman–Crippen LogP) is 25.9. The molecule has 0 bridgehead atoms. The van der Waals surface area contributed by atoms with Gasteiger partial charge in [-0.05, 0) is 111 Å². The topological polar surface area (TPSA) is 25.3 Å². The van der Waals surface area contributed by atoms with Gasteiger partial charge in [-0.25, -0.2) is 4.70 Å². The number of benzene rings is 2. The van der Waals surface area contributed by atoms with E-state index in [-0.39, 0.29) is 0 Å². The van der Waals surface area contributed by atoms with E-state index in [9.17, 15) is 5.53 Å².